The van der Waals surface area contributed by atoms with Crippen LogP contribution < -0.4 is 10.6 Å². The number of urea groups is 1. The molecule has 2 rings (SSSR count). The van der Waals surface area contributed by atoms with Crippen LogP contribution in [0.1, 0.15) is 18.2 Å². The van der Waals surface area contributed by atoms with E-state index >= 15 is 0 Å². The van der Waals surface area contributed by atoms with Gasteiger partial charge in [-0.1, -0.05) is 12.1 Å². The number of amides is 2. The van der Waals surface area contributed by atoms with E-state index in [1.165, 1.54) is 0 Å². The summed E-state index contributed by atoms with van der Waals surface area (Å²) in [5.41, 5.74) is 2.47. The topological polar surface area (TPSA) is 74.2 Å². The van der Waals surface area contributed by atoms with Crippen molar-refractivity contribution < 1.29 is 9.90 Å². The van der Waals surface area contributed by atoms with Crippen molar-refractivity contribution in [1.29, 1.82) is 0 Å². The summed E-state index contributed by atoms with van der Waals surface area (Å²) in [6.07, 6.45) is 3.38. The minimum atomic E-state index is -0.324. The number of aryl methyl sites for hydroxylation is 2. The quantitative estimate of drug-likeness (QED) is 0.739. The number of carbonyl (C=O) groups is 1. The van der Waals surface area contributed by atoms with Crippen LogP contribution in [0.5, 0.6) is 5.75 Å². The number of hydrogen-bond acceptors (Lipinski definition) is 3. The van der Waals surface area contributed by atoms with E-state index in [0.717, 1.165) is 24.1 Å². The van der Waals surface area contributed by atoms with E-state index in [2.05, 4.69) is 15.6 Å². The third-order valence-corrected chi connectivity index (χ3v) is 3.04. The molecule has 1 aromatic carbocycles. The summed E-state index contributed by atoms with van der Waals surface area (Å²) in [6, 6.07) is 10.7. The van der Waals surface area contributed by atoms with Crippen molar-refractivity contribution in [2.24, 2.45) is 0 Å². The summed E-state index contributed by atoms with van der Waals surface area (Å²) in [6.45, 7) is 2.37. The Kier molecular flexibility index (Phi) is 5.15. The Hall–Kier alpha value is -2.56. The molecule has 0 spiro atoms. The number of benzene rings is 1. The van der Waals surface area contributed by atoms with E-state index in [-0.39, 0.29) is 11.8 Å². The Morgan fingerprint density at radius 1 is 1.24 bits per heavy atom. The van der Waals surface area contributed by atoms with Gasteiger partial charge in [-0.05, 0) is 49.6 Å². The number of aromatic hydroxyl groups is 1. The lowest BCUT2D eigenvalue weighted by atomic mass is 10.1. The maximum absolute atomic E-state index is 11.5. The molecule has 1 aromatic heterocycles. The second-order valence-corrected chi connectivity index (χ2v) is 4.66. The molecular weight excluding hydrogens is 266 g/mol. The van der Waals surface area contributed by atoms with Crippen molar-refractivity contribution in [3.05, 3.63) is 53.9 Å². The van der Waals surface area contributed by atoms with Crippen molar-refractivity contribution in [1.82, 2.24) is 10.3 Å². The zero-order chi connectivity index (χ0) is 15.1. The lowest BCUT2D eigenvalue weighted by molar-refractivity contribution is 0.252. The summed E-state index contributed by atoms with van der Waals surface area (Å²) in [4.78, 5) is 15.8. The fourth-order valence-corrected chi connectivity index (χ4v) is 1.98. The molecule has 0 bridgehead atoms. The molecule has 0 atom stereocenters. The van der Waals surface area contributed by atoms with E-state index in [9.17, 15) is 9.90 Å². The molecule has 0 fully saturated rings. The Bertz CT molecular complexity index is 600. The molecule has 0 saturated heterocycles. The number of phenols is 1. The van der Waals surface area contributed by atoms with Crippen molar-refractivity contribution in [2.75, 3.05) is 11.9 Å². The number of carbonyl (C=O) groups excluding carboxylic acids is 1. The van der Waals surface area contributed by atoms with Gasteiger partial charge in [0, 0.05) is 18.4 Å². The molecule has 2 amide bonds. The second kappa shape index (κ2) is 7.28. The summed E-state index contributed by atoms with van der Waals surface area (Å²) < 4.78 is 0. The minimum Gasteiger partial charge on any atom is -0.506 e. The normalized spacial score (nSPS) is 10.1. The number of hydrogen-bond donors (Lipinski definition) is 3. The third kappa shape index (κ3) is 4.49. The molecule has 0 aliphatic rings. The summed E-state index contributed by atoms with van der Waals surface area (Å²) >= 11 is 0. The summed E-state index contributed by atoms with van der Waals surface area (Å²) in [7, 11) is 0. The SMILES string of the molecule is CCNC(=O)Nc1cc(CCc2ccccn2)ccc1O. The molecule has 3 N–H and O–H groups in total. The van der Waals surface area contributed by atoms with Gasteiger partial charge < -0.3 is 15.7 Å². The number of rotatable bonds is 5. The van der Waals surface area contributed by atoms with Gasteiger partial charge in [0.15, 0.2) is 0 Å². The van der Waals surface area contributed by atoms with Crippen molar-refractivity contribution >= 4 is 11.7 Å². The molecule has 1 heterocycles. The zero-order valence-corrected chi connectivity index (χ0v) is 12.0. The van der Waals surface area contributed by atoms with Crippen molar-refractivity contribution in [2.45, 2.75) is 19.8 Å². The number of aromatic nitrogens is 1. The van der Waals surface area contributed by atoms with Crippen LogP contribution in [0.4, 0.5) is 10.5 Å². The Morgan fingerprint density at radius 3 is 2.81 bits per heavy atom. The minimum absolute atomic E-state index is 0.0582. The number of nitrogens with zero attached hydrogens (tertiary/aromatic N) is 1. The average Bonchev–Trinajstić information content (AvgIpc) is 2.49. The highest BCUT2D eigenvalue weighted by Crippen LogP contribution is 2.24. The lowest BCUT2D eigenvalue weighted by Gasteiger charge is -2.10. The highest BCUT2D eigenvalue weighted by atomic mass is 16.3. The first kappa shape index (κ1) is 14.8. The molecule has 0 radical (unpaired) electrons. The van der Waals surface area contributed by atoms with Gasteiger partial charge in [0.05, 0.1) is 5.69 Å². The van der Waals surface area contributed by atoms with E-state index in [4.69, 9.17) is 0 Å². The Morgan fingerprint density at radius 2 is 2.10 bits per heavy atom. The van der Waals surface area contributed by atoms with Gasteiger partial charge in [0.25, 0.3) is 0 Å². The summed E-state index contributed by atoms with van der Waals surface area (Å²) in [5.74, 6) is 0.0582. The fraction of sp³-hybridized carbons (Fsp3) is 0.250. The predicted molar refractivity (Wildman–Crippen MR) is 82.4 cm³/mol. The number of nitrogens with one attached hydrogen (secondary N) is 2. The molecule has 0 aliphatic carbocycles. The Balaban J connectivity index is 2.02. The average molecular weight is 285 g/mol. The maximum Gasteiger partial charge on any atom is 0.319 e. The van der Waals surface area contributed by atoms with E-state index < -0.39 is 0 Å². The predicted octanol–water partition coefficient (Wildman–Crippen LogP) is 2.71. The number of anilines is 1. The van der Waals surface area contributed by atoms with Gasteiger partial charge in [0.1, 0.15) is 5.75 Å². The van der Waals surface area contributed by atoms with Crippen LogP contribution in [-0.4, -0.2) is 22.7 Å². The molecule has 0 aliphatic heterocycles. The van der Waals surface area contributed by atoms with Crippen LogP contribution in [0.2, 0.25) is 0 Å². The maximum atomic E-state index is 11.5. The van der Waals surface area contributed by atoms with Crippen LogP contribution >= 0.6 is 0 Å². The molecule has 5 nitrogen and oxygen atoms in total. The van der Waals surface area contributed by atoms with Gasteiger partial charge in [-0.25, -0.2) is 4.79 Å². The molecule has 21 heavy (non-hydrogen) atoms. The first-order chi connectivity index (χ1) is 10.2. The number of phenolic OH excluding ortho intramolecular Hbond substituents is 1. The van der Waals surface area contributed by atoms with E-state index in [1.54, 1.807) is 18.3 Å². The van der Waals surface area contributed by atoms with Gasteiger partial charge >= 0.3 is 6.03 Å². The van der Waals surface area contributed by atoms with Gasteiger partial charge in [-0.3, -0.25) is 4.98 Å². The van der Waals surface area contributed by atoms with Gasteiger partial charge in [0.2, 0.25) is 0 Å². The van der Waals surface area contributed by atoms with Crippen LogP contribution in [0.3, 0.4) is 0 Å². The molecular formula is C16H19N3O2. The Labute approximate surface area is 124 Å². The van der Waals surface area contributed by atoms with Gasteiger partial charge in [-0.15, -0.1) is 0 Å². The summed E-state index contributed by atoms with van der Waals surface area (Å²) in [5, 5.41) is 15.0. The van der Waals surface area contributed by atoms with Crippen LogP contribution in [-0.2, 0) is 12.8 Å². The van der Waals surface area contributed by atoms with Crippen LogP contribution in [0.15, 0.2) is 42.6 Å². The molecule has 2 aromatic rings. The smallest absolute Gasteiger partial charge is 0.319 e. The lowest BCUT2D eigenvalue weighted by Crippen LogP contribution is -2.28. The van der Waals surface area contributed by atoms with Crippen LogP contribution in [0.25, 0.3) is 0 Å². The first-order valence-corrected chi connectivity index (χ1v) is 6.95. The molecule has 110 valence electrons. The molecule has 0 unspecified atom stereocenters. The van der Waals surface area contributed by atoms with E-state index in [1.807, 2.05) is 31.2 Å². The first-order valence-electron chi connectivity index (χ1n) is 6.95. The second-order valence-electron chi connectivity index (χ2n) is 4.66. The number of pyridine rings is 1. The van der Waals surface area contributed by atoms with Crippen molar-refractivity contribution in [3.63, 3.8) is 0 Å². The van der Waals surface area contributed by atoms with Crippen molar-refractivity contribution in [3.8, 4) is 5.75 Å². The highest BCUT2D eigenvalue weighted by molar-refractivity contribution is 5.90. The van der Waals surface area contributed by atoms with Crippen LogP contribution in [0, 0.1) is 0 Å². The fourth-order valence-electron chi connectivity index (χ4n) is 1.98. The van der Waals surface area contributed by atoms with E-state index in [0.29, 0.717) is 12.2 Å². The molecule has 5 heteroatoms. The monoisotopic (exact) mass is 285 g/mol. The zero-order valence-electron chi connectivity index (χ0n) is 12.0. The van der Waals surface area contributed by atoms with Gasteiger partial charge in [-0.2, -0.15) is 0 Å². The highest BCUT2D eigenvalue weighted by Gasteiger charge is 2.07. The standard InChI is InChI=1S/C16H19N3O2/c1-2-17-16(21)19-14-11-12(7-9-15(14)20)6-8-13-5-3-4-10-18-13/h3-5,7,9-11,20H,2,6,8H2,1H3,(H2,17,19,21). The third-order valence-electron chi connectivity index (χ3n) is 3.04. The largest absolute Gasteiger partial charge is 0.506 e. The molecule has 0 saturated carbocycles.